The number of hydrogen-bond donors (Lipinski definition) is 1. The number of Topliss-reactive ketones (excluding diaryl/α,β-unsaturated/α-hetero) is 1. The van der Waals surface area contributed by atoms with Crippen LogP contribution in [-0.4, -0.2) is 38.0 Å². The monoisotopic (exact) mass is 379 g/mol. The van der Waals surface area contributed by atoms with Gasteiger partial charge in [0, 0.05) is 23.0 Å². The van der Waals surface area contributed by atoms with E-state index in [1.165, 1.54) is 11.6 Å². The summed E-state index contributed by atoms with van der Waals surface area (Å²) in [5, 5.41) is 7.14. The summed E-state index contributed by atoms with van der Waals surface area (Å²) in [6.07, 6.45) is 0. The first-order valence-electron chi connectivity index (χ1n) is 8.75. The van der Waals surface area contributed by atoms with E-state index in [1.807, 2.05) is 26.8 Å². The van der Waals surface area contributed by atoms with Crippen molar-refractivity contribution in [3.63, 3.8) is 0 Å². The lowest BCUT2D eigenvalue weighted by atomic mass is 10.1. The van der Waals surface area contributed by atoms with Gasteiger partial charge in [0.2, 0.25) is 0 Å². The van der Waals surface area contributed by atoms with E-state index in [-0.39, 0.29) is 18.3 Å². The Bertz CT molecular complexity index is 1000. The average Bonchev–Trinajstić information content (AvgIpc) is 2.99. The Labute approximate surface area is 162 Å². The summed E-state index contributed by atoms with van der Waals surface area (Å²) >= 11 is 0. The van der Waals surface area contributed by atoms with E-state index in [4.69, 9.17) is 4.74 Å². The minimum absolute atomic E-state index is 0.0264. The van der Waals surface area contributed by atoms with E-state index in [1.54, 1.807) is 30.3 Å². The summed E-state index contributed by atoms with van der Waals surface area (Å²) in [5.74, 6) is 0.981. The van der Waals surface area contributed by atoms with Crippen molar-refractivity contribution in [2.75, 3.05) is 11.9 Å². The zero-order valence-electron chi connectivity index (χ0n) is 16.2. The Morgan fingerprint density at radius 2 is 1.64 bits per heavy atom. The molecule has 0 atom stereocenters. The molecule has 1 N–H and O–H groups in total. The molecule has 0 unspecified atom stereocenters. The van der Waals surface area contributed by atoms with Crippen LogP contribution in [0.3, 0.4) is 0 Å². The first-order valence-corrected chi connectivity index (χ1v) is 8.75. The number of carbonyl (C=O) groups excluding carboxylic acids is 2. The van der Waals surface area contributed by atoms with Crippen LogP contribution in [0.25, 0.3) is 5.95 Å². The number of ketones is 1. The van der Waals surface area contributed by atoms with Crippen LogP contribution in [0.15, 0.2) is 36.4 Å². The Balaban J connectivity index is 1.70. The number of hydrogen-bond acceptors (Lipinski definition) is 6. The minimum atomic E-state index is -0.346. The molecular weight excluding hydrogens is 358 g/mol. The van der Waals surface area contributed by atoms with Gasteiger partial charge < -0.3 is 10.1 Å². The predicted octanol–water partition coefficient (Wildman–Crippen LogP) is 2.81. The molecular formula is C20H21N5O3. The van der Waals surface area contributed by atoms with Crippen LogP contribution in [0.1, 0.15) is 34.4 Å². The van der Waals surface area contributed by atoms with Crippen molar-refractivity contribution in [1.29, 1.82) is 0 Å². The standard InChI is InChI=1S/C20H21N5O3/c1-12-9-13(2)22-20(21-12)25-18(10-14(3)24-25)23-19(27)11-28-17-7-5-16(6-8-17)15(4)26/h5-10H,11H2,1-4H3,(H,23,27). The number of ether oxygens (including phenoxy) is 1. The molecule has 0 radical (unpaired) electrons. The second-order valence-electron chi connectivity index (χ2n) is 6.45. The highest BCUT2D eigenvalue weighted by atomic mass is 16.5. The summed E-state index contributed by atoms with van der Waals surface area (Å²) in [6, 6.07) is 10.2. The lowest BCUT2D eigenvalue weighted by Gasteiger charge is -2.10. The summed E-state index contributed by atoms with van der Waals surface area (Å²) < 4.78 is 6.98. The van der Waals surface area contributed by atoms with Gasteiger partial charge in [0.05, 0.1) is 5.69 Å². The van der Waals surface area contributed by atoms with E-state index < -0.39 is 0 Å². The van der Waals surface area contributed by atoms with Crippen molar-refractivity contribution in [1.82, 2.24) is 19.7 Å². The maximum absolute atomic E-state index is 12.3. The number of aryl methyl sites for hydroxylation is 3. The molecule has 0 spiro atoms. The molecule has 0 saturated carbocycles. The van der Waals surface area contributed by atoms with Crippen molar-refractivity contribution >= 4 is 17.5 Å². The van der Waals surface area contributed by atoms with Gasteiger partial charge in [-0.1, -0.05) is 0 Å². The third-order valence-electron chi connectivity index (χ3n) is 3.89. The topological polar surface area (TPSA) is 99.0 Å². The molecule has 8 nitrogen and oxygen atoms in total. The molecule has 0 aliphatic carbocycles. The van der Waals surface area contributed by atoms with Gasteiger partial charge in [-0.2, -0.15) is 9.78 Å². The van der Waals surface area contributed by atoms with Crippen LogP contribution >= 0.6 is 0 Å². The Morgan fingerprint density at radius 1 is 1.00 bits per heavy atom. The average molecular weight is 379 g/mol. The number of benzene rings is 1. The molecule has 8 heteroatoms. The maximum Gasteiger partial charge on any atom is 0.263 e. The minimum Gasteiger partial charge on any atom is -0.484 e. The Kier molecular flexibility index (Phi) is 5.49. The zero-order chi connectivity index (χ0) is 20.3. The molecule has 0 aliphatic heterocycles. The van der Waals surface area contributed by atoms with Crippen LogP contribution in [0.2, 0.25) is 0 Å². The maximum atomic E-state index is 12.3. The summed E-state index contributed by atoms with van der Waals surface area (Å²) in [7, 11) is 0. The second-order valence-corrected chi connectivity index (χ2v) is 6.45. The van der Waals surface area contributed by atoms with E-state index in [0.29, 0.717) is 23.1 Å². The number of carbonyl (C=O) groups is 2. The van der Waals surface area contributed by atoms with E-state index in [0.717, 1.165) is 17.1 Å². The van der Waals surface area contributed by atoms with E-state index in [2.05, 4.69) is 20.4 Å². The van der Waals surface area contributed by atoms with E-state index >= 15 is 0 Å². The van der Waals surface area contributed by atoms with Gasteiger partial charge in [0.1, 0.15) is 11.6 Å². The molecule has 144 valence electrons. The van der Waals surface area contributed by atoms with Gasteiger partial charge in [0.15, 0.2) is 12.4 Å². The number of nitrogens with zero attached hydrogens (tertiary/aromatic N) is 4. The smallest absolute Gasteiger partial charge is 0.263 e. The molecule has 2 heterocycles. The fraction of sp³-hybridized carbons (Fsp3) is 0.250. The number of rotatable bonds is 6. The van der Waals surface area contributed by atoms with Crippen LogP contribution < -0.4 is 10.1 Å². The van der Waals surface area contributed by atoms with Crippen molar-refractivity contribution < 1.29 is 14.3 Å². The first kappa shape index (κ1) is 19.2. The quantitative estimate of drug-likeness (QED) is 0.661. The predicted molar refractivity (Wildman–Crippen MR) is 104 cm³/mol. The van der Waals surface area contributed by atoms with E-state index in [9.17, 15) is 9.59 Å². The van der Waals surface area contributed by atoms with Crippen molar-refractivity contribution in [3.05, 3.63) is 59.0 Å². The number of amides is 1. The molecule has 1 amide bonds. The fourth-order valence-corrected chi connectivity index (χ4v) is 2.66. The molecule has 3 rings (SSSR count). The van der Waals surface area contributed by atoms with Crippen molar-refractivity contribution in [2.45, 2.75) is 27.7 Å². The summed E-state index contributed by atoms with van der Waals surface area (Å²) in [4.78, 5) is 32.4. The molecule has 0 saturated heterocycles. The third-order valence-corrected chi connectivity index (χ3v) is 3.89. The molecule has 0 fully saturated rings. The largest absolute Gasteiger partial charge is 0.484 e. The highest BCUT2D eigenvalue weighted by molar-refractivity contribution is 5.94. The van der Waals surface area contributed by atoms with Crippen molar-refractivity contribution in [2.24, 2.45) is 0 Å². The Hall–Kier alpha value is -3.55. The highest BCUT2D eigenvalue weighted by Gasteiger charge is 2.14. The lowest BCUT2D eigenvalue weighted by Crippen LogP contribution is -2.22. The number of nitrogens with one attached hydrogen (secondary N) is 1. The molecule has 0 bridgehead atoms. The van der Waals surface area contributed by atoms with Gasteiger partial charge in [-0.25, -0.2) is 9.97 Å². The summed E-state index contributed by atoms with van der Waals surface area (Å²) in [5.41, 5.74) is 2.93. The number of aromatic nitrogens is 4. The molecule has 2 aromatic heterocycles. The molecule has 1 aromatic carbocycles. The molecule has 0 aliphatic rings. The van der Waals surface area contributed by atoms with Gasteiger partial charge >= 0.3 is 0 Å². The van der Waals surface area contributed by atoms with Crippen LogP contribution in [0.5, 0.6) is 5.75 Å². The SMILES string of the molecule is CC(=O)c1ccc(OCC(=O)Nc2cc(C)nn2-c2nc(C)cc(C)n2)cc1. The van der Waals surface area contributed by atoms with Crippen LogP contribution in [0, 0.1) is 20.8 Å². The first-order chi connectivity index (χ1) is 13.3. The second kappa shape index (κ2) is 7.99. The highest BCUT2D eigenvalue weighted by Crippen LogP contribution is 2.16. The van der Waals surface area contributed by atoms with Crippen LogP contribution in [0.4, 0.5) is 5.82 Å². The van der Waals surface area contributed by atoms with Gasteiger partial charge in [-0.05, 0) is 58.0 Å². The normalized spacial score (nSPS) is 10.6. The zero-order valence-corrected chi connectivity index (χ0v) is 16.2. The lowest BCUT2D eigenvalue weighted by molar-refractivity contribution is -0.118. The third kappa shape index (κ3) is 4.59. The Morgan fingerprint density at radius 3 is 2.25 bits per heavy atom. The summed E-state index contributed by atoms with van der Waals surface area (Å²) in [6.45, 7) is 6.88. The number of anilines is 1. The van der Waals surface area contributed by atoms with Gasteiger partial charge in [0.25, 0.3) is 11.9 Å². The molecule has 28 heavy (non-hydrogen) atoms. The van der Waals surface area contributed by atoms with Crippen LogP contribution in [-0.2, 0) is 4.79 Å². The van der Waals surface area contributed by atoms with Gasteiger partial charge in [-0.3, -0.25) is 9.59 Å². The van der Waals surface area contributed by atoms with Crippen molar-refractivity contribution in [3.8, 4) is 11.7 Å². The van der Waals surface area contributed by atoms with Gasteiger partial charge in [-0.15, -0.1) is 0 Å². The molecule has 3 aromatic rings. The fourth-order valence-electron chi connectivity index (χ4n) is 2.66.